The Morgan fingerprint density at radius 1 is 1.42 bits per heavy atom. The number of nitrogens with one attached hydrogen (secondary N) is 2. The zero-order valence-electron chi connectivity index (χ0n) is 11.4. The van der Waals surface area contributed by atoms with E-state index in [-0.39, 0.29) is 12.2 Å². The maximum absolute atomic E-state index is 12.2. The van der Waals surface area contributed by atoms with Crippen molar-refractivity contribution in [2.24, 2.45) is 0 Å². The molecule has 0 aliphatic carbocycles. The van der Waals surface area contributed by atoms with Gasteiger partial charge >= 0.3 is 0 Å². The molecule has 0 saturated heterocycles. The van der Waals surface area contributed by atoms with Crippen molar-refractivity contribution < 1.29 is 23.0 Å². The Kier molecular flexibility index (Phi) is 8.64. The van der Waals surface area contributed by atoms with Gasteiger partial charge in [0.05, 0.1) is 6.54 Å². The van der Waals surface area contributed by atoms with Crippen LogP contribution in [0.4, 0.5) is 8.78 Å². The summed E-state index contributed by atoms with van der Waals surface area (Å²) in [5, 5.41) is 7.98. The molecule has 1 aromatic rings. The summed E-state index contributed by atoms with van der Waals surface area (Å²) in [5.74, 6) is -0.577. The number of amides is 1. The highest BCUT2D eigenvalue weighted by atomic mass is 19.3. The summed E-state index contributed by atoms with van der Waals surface area (Å²) in [7, 11) is 2.84. The summed E-state index contributed by atoms with van der Waals surface area (Å²) in [6.45, 7) is 4.10. The molecule has 0 aliphatic heterocycles. The molecule has 0 saturated carbocycles. The molecule has 1 rings (SSSR count). The molecule has 6 nitrogen and oxygen atoms in total. The smallest absolute Gasteiger partial charge is 0.279 e. The largest absolute Gasteiger partial charge is 0.354 e. The van der Waals surface area contributed by atoms with Crippen molar-refractivity contribution in [3.05, 3.63) is 17.5 Å². The van der Waals surface area contributed by atoms with Crippen molar-refractivity contribution in [2.75, 3.05) is 20.8 Å². The predicted molar refractivity (Wildman–Crippen MR) is 65.0 cm³/mol. The highest BCUT2D eigenvalue weighted by Crippen LogP contribution is 2.16. The van der Waals surface area contributed by atoms with E-state index in [1.54, 1.807) is 0 Å². The number of hydrogen-bond donors (Lipinski definition) is 2. The number of methoxy groups -OCH3 is 2. The minimum atomic E-state index is -2.69. The molecule has 2 N–H and O–H groups in total. The molecule has 1 heterocycles. The van der Waals surface area contributed by atoms with Crippen LogP contribution < -0.4 is 5.32 Å². The molecule has 0 fully saturated rings. The second kappa shape index (κ2) is 9.40. The molecule has 1 amide bonds. The van der Waals surface area contributed by atoms with Crippen molar-refractivity contribution in [1.82, 2.24) is 15.5 Å². The number of hydrogen-bond acceptors (Lipinski definition) is 4. The van der Waals surface area contributed by atoms with Gasteiger partial charge in [0.15, 0.2) is 6.29 Å². The van der Waals surface area contributed by atoms with E-state index in [1.165, 1.54) is 14.2 Å². The van der Waals surface area contributed by atoms with Gasteiger partial charge in [-0.05, 0) is 6.07 Å². The van der Waals surface area contributed by atoms with Gasteiger partial charge in [0, 0.05) is 14.2 Å². The number of H-pyrrole nitrogens is 1. The summed E-state index contributed by atoms with van der Waals surface area (Å²) < 4.78 is 34.1. The van der Waals surface area contributed by atoms with Gasteiger partial charge in [0.1, 0.15) is 11.4 Å². The van der Waals surface area contributed by atoms with E-state index in [4.69, 9.17) is 9.47 Å². The average Bonchev–Trinajstić information content (AvgIpc) is 2.92. The SMILES string of the molecule is CC.COC(CNC(=O)c1cc(C(F)F)[nH]n1)OC. The molecular formula is C11H19F2N3O3. The second-order valence-electron chi connectivity index (χ2n) is 3.12. The summed E-state index contributed by atoms with van der Waals surface area (Å²) in [6, 6.07) is 0.995. The molecule has 1 aromatic heterocycles. The Morgan fingerprint density at radius 3 is 2.42 bits per heavy atom. The summed E-state index contributed by atoms with van der Waals surface area (Å²) in [4.78, 5) is 11.5. The third-order valence-corrected chi connectivity index (χ3v) is 2.02. The fraction of sp³-hybridized carbons (Fsp3) is 0.636. The fourth-order valence-electron chi connectivity index (χ4n) is 1.09. The third kappa shape index (κ3) is 5.75. The van der Waals surface area contributed by atoms with E-state index >= 15 is 0 Å². The highest BCUT2D eigenvalue weighted by molar-refractivity contribution is 5.92. The van der Waals surface area contributed by atoms with Crippen molar-refractivity contribution in [2.45, 2.75) is 26.6 Å². The van der Waals surface area contributed by atoms with Crippen LogP contribution in [0.1, 0.15) is 36.5 Å². The number of carbonyl (C=O) groups is 1. The molecule has 8 heteroatoms. The Balaban J connectivity index is 0.00000154. The number of halogens is 2. The average molecular weight is 279 g/mol. The van der Waals surface area contributed by atoms with E-state index in [2.05, 4.69) is 15.5 Å². The van der Waals surface area contributed by atoms with Crippen LogP contribution in [0.2, 0.25) is 0 Å². The summed E-state index contributed by atoms with van der Waals surface area (Å²) in [5.41, 5.74) is -0.503. The zero-order valence-corrected chi connectivity index (χ0v) is 11.4. The molecule has 0 radical (unpaired) electrons. The molecule has 0 bridgehead atoms. The predicted octanol–water partition coefficient (Wildman–Crippen LogP) is 1.72. The first kappa shape index (κ1) is 17.5. The van der Waals surface area contributed by atoms with Crippen molar-refractivity contribution in [1.29, 1.82) is 0 Å². The van der Waals surface area contributed by atoms with Crippen molar-refractivity contribution in [3.63, 3.8) is 0 Å². The van der Waals surface area contributed by atoms with Gasteiger partial charge in [-0.1, -0.05) is 13.8 Å². The number of aromatic nitrogens is 2. The molecule has 0 aromatic carbocycles. The Hall–Kier alpha value is -1.54. The molecule has 0 unspecified atom stereocenters. The molecule has 0 aliphatic rings. The lowest BCUT2D eigenvalue weighted by Crippen LogP contribution is -2.34. The van der Waals surface area contributed by atoms with E-state index in [9.17, 15) is 13.6 Å². The lowest BCUT2D eigenvalue weighted by Gasteiger charge is -2.13. The minimum Gasteiger partial charge on any atom is -0.354 e. The van der Waals surface area contributed by atoms with Gasteiger partial charge in [-0.3, -0.25) is 9.89 Å². The first-order chi connectivity index (χ1) is 9.08. The van der Waals surface area contributed by atoms with Crippen LogP contribution in [-0.2, 0) is 9.47 Å². The van der Waals surface area contributed by atoms with Crippen LogP contribution in [0.25, 0.3) is 0 Å². The van der Waals surface area contributed by atoms with E-state index in [0.717, 1.165) is 6.07 Å². The Morgan fingerprint density at radius 2 is 2.00 bits per heavy atom. The van der Waals surface area contributed by atoms with Crippen molar-refractivity contribution in [3.8, 4) is 0 Å². The van der Waals surface area contributed by atoms with Gasteiger partial charge in [0.25, 0.3) is 12.3 Å². The summed E-state index contributed by atoms with van der Waals surface area (Å²) >= 11 is 0. The number of aromatic amines is 1. The van der Waals surface area contributed by atoms with E-state index < -0.39 is 24.3 Å². The maximum Gasteiger partial charge on any atom is 0.279 e. The standard InChI is InChI=1S/C9H13F2N3O3.C2H6/c1-16-7(17-2)4-12-9(15)6-3-5(8(10)11)13-14-6;1-2/h3,7-8H,4H2,1-2H3,(H,12,15)(H,13,14);1-2H3. The first-order valence-corrected chi connectivity index (χ1v) is 5.75. The van der Waals surface area contributed by atoms with Crippen LogP contribution in [0.5, 0.6) is 0 Å². The number of nitrogens with zero attached hydrogens (tertiary/aromatic N) is 1. The quantitative estimate of drug-likeness (QED) is 0.777. The third-order valence-electron chi connectivity index (χ3n) is 2.02. The monoisotopic (exact) mass is 279 g/mol. The summed E-state index contributed by atoms with van der Waals surface area (Å²) in [6.07, 6.45) is -3.28. The second-order valence-corrected chi connectivity index (χ2v) is 3.12. The number of carbonyl (C=O) groups excluding carboxylic acids is 1. The maximum atomic E-state index is 12.2. The number of alkyl halides is 2. The molecule has 0 atom stereocenters. The van der Waals surface area contributed by atoms with Crippen molar-refractivity contribution >= 4 is 5.91 Å². The highest BCUT2D eigenvalue weighted by Gasteiger charge is 2.16. The van der Waals surface area contributed by atoms with Crippen LogP contribution >= 0.6 is 0 Å². The number of rotatable bonds is 6. The molecule has 19 heavy (non-hydrogen) atoms. The van der Waals surface area contributed by atoms with E-state index in [0.29, 0.717) is 0 Å². The van der Waals surface area contributed by atoms with Crippen LogP contribution in [0.3, 0.4) is 0 Å². The van der Waals surface area contributed by atoms with Gasteiger partial charge in [-0.2, -0.15) is 5.10 Å². The minimum absolute atomic E-state index is 0.0999. The Bertz CT molecular complexity index is 368. The van der Waals surface area contributed by atoms with E-state index in [1.807, 2.05) is 13.8 Å². The lowest BCUT2D eigenvalue weighted by atomic mass is 10.3. The fourth-order valence-corrected chi connectivity index (χ4v) is 1.09. The topological polar surface area (TPSA) is 76.2 Å². The number of ether oxygens (including phenoxy) is 2. The van der Waals surface area contributed by atoms with Crippen LogP contribution in [0.15, 0.2) is 6.07 Å². The first-order valence-electron chi connectivity index (χ1n) is 5.75. The van der Waals surface area contributed by atoms with Crippen LogP contribution in [-0.4, -0.2) is 43.2 Å². The lowest BCUT2D eigenvalue weighted by molar-refractivity contribution is -0.0974. The van der Waals surface area contributed by atoms with Gasteiger partial charge < -0.3 is 14.8 Å². The van der Waals surface area contributed by atoms with Gasteiger partial charge in [-0.25, -0.2) is 8.78 Å². The Labute approximate surface area is 110 Å². The molecule has 110 valence electrons. The van der Waals surface area contributed by atoms with Gasteiger partial charge in [-0.15, -0.1) is 0 Å². The van der Waals surface area contributed by atoms with Crippen LogP contribution in [0, 0.1) is 0 Å². The zero-order chi connectivity index (χ0) is 14.8. The molecular weight excluding hydrogens is 260 g/mol. The van der Waals surface area contributed by atoms with Gasteiger partial charge in [0.2, 0.25) is 0 Å². The normalized spacial score (nSPS) is 10.3. The molecule has 0 spiro atoms.